The summed E-state index contributed by atoms with van der Waals surface area (Å²) in [7, 11) is -2.96. The molecule has 0 radical (unpaired) electrons. The van der Waals surface area contributed by atoms with E-state index in [0.717, 1.165) is 25.7 Å². The lowest BCUT2D eigenvalue weighted by molar-refractivity contribution is -0.130. The number of hydrogen-bond acceptors (Lipinski definition) is 4. The zero-order valence-corrected chi connectivity index (χ0v) is 12.1. The Labute approximate surface area is 110 Å². The second-order valence-corrected chi connectivity index (χ2v) is 7.78. The minimum Gasteiger partial charge on any atom is -0.329 e. The maximum atomic E-state index is 12.3. The predicted octanol–water partition coefficient (Wildman–Crippen LogP) is 1.68. The Bertz CT molecular complexity index is 370. The Morgan fingerprint density at radius 2 is 1.83 bits per heavy atom. The van der Waals surface area contributed by atoms with Gasteiger partial charge in [0.1, 0.15) is 15.6 Å². The van der Waals surface area contributed by atoms with Gasteiger partial charge >= 0.3 is 0 Å². The lowest BCUT2D eigenvalue weighted by Gasteiger charge is -2.34. The van der Waals surface area contributed by atoms with Crippen LogP contribution in [-0.2, 0) is 14.6 Å². The molecule has 0 aromatic carbocycles. The normalized spacial score (nSPS) is 19.7. The molecule has 0 aromatic rings. The average Bonchev–Trinajstić information content (AvgIpc) is 2.39. The van der Waals surface area contributed by atoms with E-state index in [1.807, 2.05) is 0 Å². The highest BCUT2D eigenvalue weighted by Crippen LogP contribution is 2.37. The highest BCUT2D eigenvalue weighted by atomic mass is 32.2. The van der Waals surface area contributed by atoms with Crippen LogP contribution in [0, 0.1) is 5.41 Å². The van der Waals surface area contributed by atoms with Gasteiger partial charge in [-0.25, -0.2) is 8.42 Å². The highest BCUT2D eigenvalue weighted by Gasteiger charge is 2.37. The molecule has 0 aliphatic heterocycles. The smallest absolute Gasteiger partial charge is 0.150 e. The molecule has 1 fully saturated rings. The number of ketones is 1. The lowest BCUT2D eigenvalue weighted by atomic mass is 9.70. The van der Waals surface area contributed by atoms with Crippen molar-refractivity contribution < 1.29 is 13.2 Å². The van der Waals surface area contributed by atoms with Gasteiger partial charge in [0.15, 0.2) is 0 Å². The Kier molecular flexibility index (Phi) is 5.79. The van der Waals surface area contributed by atoms with Gasteiger partial charge in [-0.2, -0.15) is 0 Å². The topological polar surface area (TPSA) is 77.2 Å². The molecule has 1 aliphatic carbocycles. The lowest BCUT2D eigenvalue weighted by Crippen LogP contribution is -2.40. The molecule has 1 saturated carbocycles. The summed E-state index contributed by atoms with van der Waals surface area (Å²) in [6.45, 7) is 2.05. The fraction of sp³-hybridized carbons (Fsp3) is 0.923. The van der Waals surface area contributed by atoms with Crippen LogP contribution in [0.4, 0.5) is 0 Å². The minimum absolute atomic E-state index is 0.121. The number of carbonyl (C=O) groups excluding carboxylic acids is 1. The van der Waals surface area contributed by atoms with Gasteiger partial charge in [0.25, 0.3) is 0 Å². The summed E-state index contributed by atoms with van der Waals surface area (Å²) >= 11 is 0. The van der Waals surface area contributed by atoms with Gasteiger partial charge in [-0.1, -0.05) is 26.2 Å². The summed E-state index contributed by atoms with van der Waals surface area (Å²) in [4.78, 5) is 12.3. The van der Waals surface area contributed by atoms with E-state index >= 15 is 0 Å². The highest BCUT2D eigenvalue weighted by molar-refractivity contribution is 7.91. The van der Waals surface area contributed by atoms with Crippen molar-refractivity contribution in [3.05, 3.63) is 0 Å². The Morgan fingerprint density at radius 1 is 1.22 bits per heavy atom. The van der Waals surface area contributed by atoms with Crippen molar-refractivity contribution in [3.8, 4) is 0 Å². The maximum Gasteiger partial charge on any atom is 0.150 e. The molecule has 0 bridgehead atoms. The second-order valence-electron chi connectivity index (χ2n) is 5.31. The van der Waals surface area contributed by atoms with E-state index in [4.69, 9.17) is 5.73 Å². The van der Waals surface area contributed by atoms with Crippen LogP contribution in [0.5, 0.6) is 0 Å². The van der Waals surface area contributed by atoms with Crippen LogP contribution >= 0.6 is 0 Å². The average molecular weight is 275 g/mol. The van der Waals surface area contributed by atoms with E-state index in [1.54, 1.807) is 6.92 Å². The van der Waals surface area contributed by atoms with E-state index in [-0.39, 0.29) is 22.7 Å². The van der Waals surface area contributed by atoms with Crippen molar-refractivity contribution >= 4 is 15.6 Å². The molecule has 0 spiro atoms. The number of carbonyl (C=O) groups is 1. The van der Waals surface area contributed by atoms with Crippen LogP contribution in [0.15, 0.2) is 0 Å². The van der Waals surface area contributed by atoms with Crippen molar-refractivity contribution in [2.45, 2.75) is 51.9 Å². The molecule has 5 heteroatoms. The Hall–Kier alpha value is -0.420. The summed E-state index contributed by atoms with van der Waals surface area (Å²) in [5.74, 6) is 0.454. The third kappa shape index (κ3) is 4.05. The van der Waals surface area contributed by atoms with Crippen molar-refractivity contribution in [1.29, 1.82) is 0 Å². The zero-order chi connectivity index (χ0) is 13.6. The van der Waals surface area contributed by atoms with Crippen LogP contribution in [0.25, 0.3) is 0 Å². The molecular weight excluding hydrogens is 250 g/mol. The standard InChI is InChI=1S/C13H25NO3S/c1-2-18(16,17)10-6-7-12(15)13(11-14)8-4-3-5-9-13/h2-11,14H2,1H3. The molecule has 2 N–H and O–H groups in total. The molecule has 0 amide bonds. The molecule has 18 heavy (non-hydrogen) atoms. The summed E-state index contributed by atoms with van der Waals surface area (Å²) in [6, 6.07) is 0. The number of nitrogens with two attached hydrogens (primary N) is 1. The Balaban J connectivity index is 2.48. The molecule has 4 nitrogen and oxygen atoms in total. The summed E-state index contributed by atoms with van der Waals surface area (Å²) in [6.07, 6.45) is 5.87. The van der Waals surface area contributed by atoms with E-state index < -0.39 is 9.84 Å². The third-order valence-electron chi connectivity index (χ3n) is 4.09. The number of Topliss-reactive ketones (excluding diaryl/α,β-unsaturated/α-hetero) is 1. The molecule has 106 valence electrons. The molecule has 1 aliphatic rings. The van der Waals surface area contributed by atoms with Gasteiger partial charge < -0.3 is 5.73 Å². The number of sulfone groups is 1. The molecule has 0 atom stereocenters. The van der Waals surface area contributed by atoms with Gasteiger partial charge in [-0.3, -0.25) is 4.79 Å². The van der Waals surface area contributed by atoms with Gasteiger partial charge in [-0.15, -0.1) is 0 Å². The summed E-state index contributed by atoms with van der Waals surface area (Å²) < 4.78 is 22.7. The summed E-state index contributed by atoms with van der Waals surface area (Å²) in [5.41, 5.74) is 5.43. The predicted molar refractivity (Wildman–Crippen MR) is 73.1 cm³/mol. The molecule has 0 heterocycles. The van der Waals surface area contributed by atoms with Gasteiger partial charge in [0.05, 0.1) is 5.75 Å². The minimum atomic E-state index is -2.96. The zero-order valence-electron chi connectivity index (χ0n) is 11.3. The van der Waals surface area contributed by atoms with Crippen LogP contribution < -0.4 is 5.73 Å². The van der Waals surface area contributed by atoms with Gasteiger partial charge in [0, 0.05) is 24.1 Å². The van der Waals surface area contributed by atoms with Crippen molar-refractivity contribution in [1.82, 2.24) is 0 Å². The quantitative estimate of drug-likeness (QED) is 0.767. The van der Waals surface area contributed by atoms with Crippen molar-refractivity contribution in [3.63, 3.8) is 0 Å². The first-order valence-corrected chi connectivity index (χ1v) is 8.72. The SMILES string of the molecule is CCS(=O)(=O)CCCC(=O)C1(CN)CCCCC1. The molecular formula is C13H25NO3S. The number of rotatable bonds is 7. The van der Waals surface area contributed by atoms with Crippen molar-refractivity contribution in [2.24, 2.45) is 11.1 Å². The summed E-state index contributed by atoms with van der Waals surface area (Å²) in [5, 5.41) is 0. The van der Waals surface area contributed by atoms with E-state index in [1.165, 1.54) is 6.42 Å². The van der Waals surface area contributed by atoms with Crippen LogP contribution in [-0.4, -0.2) is 32.3 Å². The first kappa shape index (κ1) is 15.6. The fourth-order valence-corrected chi connectivity index (χ4v) is 3.56. The van der Waals surface area contributed by atoms with Gasteiger partial charge in [0.2, 0.25) is 0 Å². The van der Waals surface area contributed by atoms with Crippen LogP contribution in [0.3, 0.4) is 0 Å². The molecule has 0 aromatic heterocycles. The number of hydrogen-bond donors (Lipinski definition) is 1. The van der Waals surface area contributed by atoms with Gasteiger partial charge in [-0.05, 0) is 19.3 Å². The first-order chi connectivity index (χ1) is 8.46. The van der Waals surface area contributed by atoms with E-state index in [0.29, 0.717) is 19.4 Å². The molecule has 0 saturated heterocycles. The van der Waals surface area contributed by atoms with Crippen LogP contribution in [0.2, 0.25) is 0 Å². The molecule has 0 unspecified atom stereocenters. The fourth-order valence-electron chi connectivity index (χ4n) is 2.69. The van der Waals surface area contributed by atoms with Crippen LogP contribution in [0.1, 0.15) is 51.9 Å². The van der Waals surface area contributed by atoms with E-state index in [9.17, 15) is 13.2 Å². The monoisotopic (exact) mass is 275 g/mol. The van der Waals surface area contributed by atoms with E-state index in [2.05, 4.69) is 0 Å². The molecule has 1 rings (SSSR count). The first-order valence-electron chi connectivity index (χ1n) is 6.89. The third-order valence-corrected chi connectivity index (χ3v) is 5.88. The maximum absolute atomic E-state index is 12.3. The Morgan fingerprint density at radius 3 is 2.33 bits per heavy atom. The largest absolute Gasteiger partial charge is 0.329 e. The van der Waals surface area contributed by atoms with Crippen molar-refractivity contribution in [2.75, 3.05) is 18.1 Å². The second kappa shape index (κ2) is 6.66.